The number of carbonyl (C=O) groups excluding carboxylic acids is 2. The normalized spacial score (nSPS) is 15.1. The summed E-state index contributed by atoms with van der Waals surface area (Å²) < 4.78 is 6.55. The van der Waals surface area contributed by atoms with E-state index in [1.165, 1.54) is 6.42 Å². The van der Waals surface area contributed by atoms with Gasteiger partial charge in [0.1, 0.15) is 5.75 Å². The average Bonchev–Trinajstić information content (AvgIpc) is 2.52. The third-order valence-corrected chi connectivity index (χ3v) is 4.53. The summed E-state index contributed by atoms with van der Waals surface area (Å²) >= 11 is 3.42. The second kappa shape index (κ2) is 8.34. The van der Waals surface area contributed by atoms with Gasteiger partial charge in [0, 0.05) is 10.4 Å². The van der Waals surface area contributed by atoms with Crippen molar-refractivity contribution in [1.82, 2.24) is 10.9 Å². The van der Waals surface area contributed by atoms with Crippen LogP contribution in [0.25, 0.3) is 0 Å². The van der Waals surface area contributed by atoms with Gasteiger partial charge in [-0.15, -0.1) is 0 Å². The van der Waals surface area contributed by atoms with Gasteiger partial charge in [-0.05, 0) is 49.9 Å². The summed E-state index contributed by atoms with van der Waals surface area (Å²) in [5.74, 6) is 0.243. The van der Waals surface area contributed by atoms with E-state index in [-0.39, 0.29) is 24.3 Å². The zero-order chi connectivity index (χ0) is 16.8. The highest BCUT2D eigenvalue weighted by Crippen LogP contribution is 2.27. The van der Waals surface area contributed by atoms with E-state index in [2.05, 4.69) is 26.8 Å². The number of rotatable bonds is 4. The van der Waals surface area contributed by atoms with Crippen molar-refractivity contribution in [2.24, 2.45) is 5.92 Å². The van der Waals surface area contributed by atoms with Crippen LogP contribution < -0.4 is 15.6 Å². The molecule has 23 heavy (non-hydrogen) atoms. The zero-order valence-electron chi connectivity index (χ0n) is 13.6. The minimum absolute atomic E-state index is 0.0148. The first kappa shape index (κ1) is 17.8. The summed E-state index contributed by atoms with van der Waals surface area (Å²) in [5, 5.41) is 0. The molecule has 1 aliphatic carbocycles. The number of hydrogen-bond acceptors (Lipinski definition) is 3. The SMILES string of the molecule is Cc1cc(Br)cc(C)c1OCC(=O)NNC(=O)C1CCCCC1. The van der Waals surface area contributed by atoms with Crippen molar-refractivity contribution in [3.8, 4) is 5.75 Å². The predicted octanol–water partition coefficient (Wildman–Crippen LogP) is 3.17. The second-order valence-corrected chi connectivity index (χ2v) is 6.95. The number of aryl methyl sites for hydroxylation is 2. The standard InChI is InChI=1S/C17H23BrN2O3/c1-11-8-14(18)9-12(2)16(11)23-10-15(21)19-20-17(22)13-6-4-3-5-7-13/h8-9,13H,3-7,10H2,1-2H3,(H,19,21)(H,20,22). The molecular formula is C17H23BrN2O3. The smallest absolute Gasteiger partial charge is 0.276 e. The summed E-state index contributed by atoms with van der Waals surface area (Å²) in [5.41, 5.74) is 6.84. The van der Waals surface area contributed by atoms with Gasteiger partial charge in [0.05, 0.1) is 0 Å². The zero-order valence-corrected chi connectivity index (χ0v) is 15.2. The van der Waals surface area contributed by atoms with E-state index in [0.29, 0.717) is 5.75 Å². The fourth-order valence-corrected chi connectivity index (χ4v) is 3.58. The van der Waals surface area contributed by atoms with Crippen molar-refractivity contribution in [2.45, 2.75) is 46.0 Å². The molecular weight excluding hydrogens is 360 g/mol. The van der Waals surface area contributed by atoms with Crippen LogP contribution in [0.4, 0.5) is 0 Å². The maximum absolute atomic E-state index is 12.0. The van der Waals surface area contributed by atoms with E-state index in [1.54, 1.807) is 0 Å². The number of nitrogens with one attached hydrogen (secondary N) is 2. The molecule has 0 unspecified atom stereocenters. The highest BCUT2D eigenvalue weighted by Gasteiger charge is 2.21. The highest BCUT2D eigenvalue weighted by molar-refractivity contribution is 9.10. The third kappa shape index (κ3) is 5.23. The number of hydrogen-bond donors (Lipinski definition) is 2. The molecule has 2 rings (SSSR count). The molecule has 126 valence electrons. The average molecular weight is 383 g/mol. The number of ether oxygens (including phenoxy) is 1. The Labute approximate surface area is 145 Å². The molecule has 0 heterocycles. The Kier molecular flexibility index (Phi) is 6.45. The van der Waals surface area contributed by atoms with Crippen molar-refractivity contribution < 1.29 is 14.3 Å². The van der Waals surface area contributed by atoms with Gasteiger partial charge in [0.25, 0.3) is 5.91 Å². The molecule has 0 atom stereocenters. The number of amides is 2. The van der Waals surface area contributed by atoms with Crippen LogP contribution >= 0.6 is 15.9 Å². The summed E-state index contributed by atoms with van der Waals surface area (Å²) in [7, 11) is 0. The molecule has 0 saturated heterocycles. The first-order valence-electron chi connectivity index (χ1n) is 7.95. The van der Waals surface area contributed by atoms with Crippen molar-refractivity contribution >= 4 is 27.7 Å². The van der Waals surface area contributed by atoms with E-state index in [4.69, 9.17) is 4.74 Å². The Morgan fingerprint density at radius 3 is 2.35 bits per heavy atom. The lowest BCUT2D eigenvalue weighted by atomic mass is 9.89. The topological polar surface area (TPSA) is 67.4 Å². The largest absolute Gasteiger partial charge is 0.483 e. The van der Waals surface area contributed by atoms with Gasteiger partial charge in [-0.3, -0.25) is 20.4 Å². The second-order valence-electron chi connectivity index (χ2n) is 6.03. The van der Waals surface area contributed by atoms with Crippen molar-refractivity contribution in [3.63, 3.8) is 0 Å². The van der Waals surface area contributed by atoms with Gasteiger partial charge < -0.3 is 4.74 Å². The molecule has 5 nitrogen and oxygen atoms in total. The molecule has 1 aromatic carbocycles. The molecule has 0 bridgehead atoms. The fourth-order valence-electron chi connectivity index (χ4n) is 2.90. The van der Waals surface area contributed by atoms with E-state index in [9.17, 15) is 9.59 Å². The highest BCUT2D eigenvalue weighted by atomic mass is 79.9. The van der Waals surface area contributed by atoms with Crippen LogP contribution in [-0.4, -0.2) is 18.4 Å². The lowest BCUT2D eigenvalue weighted by Crippen LogP contribution is -2.46. The van der Waals surface area contributed by atoms with Gasteiger partial charge in [-0.1, -0.05) is 35.2 Å². The summed E-state index contributed by atoms with van der Waals surface area (Å²) in [6.45, 7) is 3.72. The van der Waals surface area contributed by atoms with Gasteiger partial charge >= 0.3 is 0 Å². The van der Waals surface area contributed by atoms with Gasteiger partial charge in [0.15, 0.2) is 6.61 Å². The predicted molar refractivity (Wildman–Crippen MR) is 92.0 cm³/mol. The molecule has 0 radical (unpaired) electrons. The van der Waals surface area contributed by atoms with Gasteiger partial charge in [-0.25, -0.2) is 0 Å². The molecule has 1 aliphatic rings. The minimum Gasteiger partial charge on any atom is -0.483 e. The molecule has 1 saturated carbocycles. The molecule has 1 fully saturated rings. The minimum atomic E-state index is -0.365. The van der Waals surface area contributed by atoms with Crippen LogP contribution in [0.15, 0.2) is 16.6 Å². The maximum Gasteiger partial charge on any atom is 0.276 e. The van der Waals surface area contributed by atoms with Crippen LogP contribution in [0.3, 0.4) is 0 Å². The van der Waals surface area contributed by atoms with Crippen LogP contribution in [0.2, 0.25) is 0 Å². The number of halogens is 1. The number of benzene rings is 1. The van der Waals surface area contributed by atoms with E-state index < -0.39 is 0 Å². The summed E-state index contributed by atoms with van der Waals surface area (Å²) in [4.78, 5) is 23.8. The Balaban J connectivity index is 1.78. The monoisotopic (exact) mass is 382 g/mol. The van der Waals surface area contributed by atoms with Crippen LogP contribution in [0.5, 0.6) is 5.75 Å². The fraction of sp³-hybridized carbons (Fsp3) is 0.529. The number of carbonyl (C=O) groups is 2. The molecule has 2 N–H and O–H groups in total. The van der Waals surface area contributed by atoms with Crippen molar-refractivity contribution in [3.05, 3.63) is 27.7 Å². The molecule has 0 aromatic heterocycles. The molecule has 0 aliphatic heterocycles. The van der Waals surface area contributed by atoms with E-state index in [0.717, 1.165) is 41.3 Å². The Hall–Kier alpha value is -1.56. The van der Waals surface area contributed by atoms with Crippen LogP contribution in [0.1, 0.15) is 43.2 Å². The molecule has 1 aromatic rings. The van der Waals surface area contributed by atoms with Gasteiger partial charge in [0.2, 0.25) is 5.91 Å². The molecule has 6 heteroatoms. The lowest BCUT2D eigenvalue weighted by Gasteiger charge is -2.20. The third-order valence-electron chi connectivity index (χ3n) is 4.07. The first-order valence-corrected chi connectivity index (χ1v) is 8.75. The van der Waals surface area contributed by atoms with Crippen LogP contribution in [0, 0.1) is 19.8 Å². The van der Waals surface area contributed by atoms with E-state index >= 15 is 0 Å². The van der Waals surface area contributed by atoms with Gasteiger partial charge in [-0.2, -0.15) is 0 Å². The Morgan fingerprint density at radius 2 is 1.74 bits per heavy atom. The molecule has 2 amide bonds. The van der Waals surface area contributed by atoms with Crippen molar-refractivity contribution in [1.29, 1.82) is 0 Å². The Morgan fingerprint density at radius 1 is 1.13 bits per heavy atom. The number of hydrazine groups is 1. The lowest BCUT2D eigenvalue weighted by molar-refractivity contribution is -0.132. The van der Waals surface area contributed by atoms with Crippen LogP contribution in [-0.2, 0) is 9.59 Å². The molecule has 0 spiro atoms. The first-order chi connectivity index (χ1) is 11.0. The quantitative estimate of drug-likeness (QED) is 0.785. The van der Waals surface area contributed by atoms with Crippen molar-refractivity contribution in [2.75, 3.05) is 6.61 Å². The van der Waals surface area contributed by atoms with E-state index in [1.807, 2.05) is 26.0 Å². The summed E-state index contributed by atoms with van der Waals surface area (Å²) in [6, 6.07) is 3.87. The Bertz CT molecular complexity index is 560. The summed E-state index contributed by atoms with van der Waals surface area (Å²) in [6.07, 6.45) is 5.15. The maximum atomic E-state index is 12.0.